The molecule has 3 heterocycles. The van der Waals surface area contributed by atoms with Crippen LogP contribution >= 0.6 is 0 Å². The van der Waals surface area contributed by atoms with Gasteiger partial charge in [-0.2, -0.15) is 12.1 Å². The molecule has 1 aliphatic rings. The molecule has 0 aliphatic carbocycles. The quantitative estimate of drug-likeness (QED) is 0.156. The van der Waals surface area contributed by atoms with E-state index in [1.807, 2.05) is 60.7 Å². The van der Waals surface area contributed by atoms with Gasteiger partial charge in [0.15, 0.2) is 0 Å². The second-order valence-electron chi connectivity index (χ2n) is 16.2. The number of fused-ring (bicyclic) bond motifs is 4. The van der Waals surface area contributed by atoms with Gasteiger partial charge in [-0.15, -0.1) is 48.1 Å². The predicted octanol–water partition coefficient (Wildman–Crippen LogP) is 13.5. The molecular weight excluding hydrogens is 880 g/mol. The number of benzene rings is 6. The summed E-state index contributed by atoms with van der Waals surface area (Å²) in [5.74, 6) is 0.971. The van der Waals surface area contributed by atoms with Crippen LogP contribution in [0.15, 0.2) is 140 Å². The van der Waals surface area contributed by atoms with E-state index in [0.717, 1.165) is 22.7 Å². The normalized spacial score (nSPS) is 14.9. The van der Waals surface area contributed by atoms with Crippen molar-refractivity contribution in [3.05, 3.63) is 175 Å². The van der Waals surface area contributed by atoms with Crippen LogP contribution in [0, 0.1) is 25.7 Å². The maximum atomic E-state index is 9.05. The van der Waals surface area contributed by atoms with Gasteiger partial charge >= 0.3 is 0 Å². The molecule has 0 saturated carbocycles. The van der Waals surface area contributed by atoms with Crippen LogP contribution < -0.4 is 14.5 Å². The van der Waals surface area contributed by atoms with Gasteiger partial charge in [-0.1, -0.05) is 114 Å². The monoisotopic (exact) mass is 931 g/mol. The number of rotatable bonds is 6. The molecule has 5 nitrogen and oxygen atoms in total. The Morgan fingerprint density at radius 3 is 2.11 bits per heavy atom. The third-order valence-corrected chi connectivity index (χ3v) is 10.3. The van der Waals surface area contributed by atoms with Crippen molar-refractivity contribution in [1.82, 2.24) is 9.55 Å². The summed E-state index contributed by atoms with van der Waals surface area (Å²) in [5, 5.41) is 0.782. The fourth-order valence-corrected chi connectivity index (χ4v) is 7.21. The van der Waals surface area contributed by atoms with E-state index in [-0.39, 0.29) is 72.3 Å². The standard InChI is InChI=1S/C51H45N4O.Pt/c1-34-32-52-49(31-44(34)35-16-9-8-10-17-35)55-45-21-12-11-20-42(45)43-25-24-41(30-48(43)55)56-40-19-15-18-38(29-40)53-33-54(47-23-14-13-22-46(47)53)39-27-36(50(2,3)4)26-37(28-39)51(5,6)7;/h8-28,31-33H,1-7H3;/q-3;/i1D3,11D,12D,20D,21D;. The Morgan fingerprint density at radius 2 is 1.39 bits per heavy atom. The Hall–Kier alpha value is -5.64. The van der Waals surface area contributed by atoms with Crippen LogP contribution in [0.25, 0.3) is 38.8 Å². The Labute approximate surface area is 360 Å². The third-order valence-electron chi connectivity index (χ3n) is 10.3. The van der Waals surface area contributed by atoms with E-state index in [9.17, 15) is 0 Å². The summed E-state index contributed by atoms with van der Waals surface area (Å²) in [6.45, 7) is 13.0. The van der Waals surface area contributed by atoms with Crippen LogP contribution in [0.1, 0.15) is 67.8 Å². The van der Waals surface area contributed by atoms with Gasteiger partial charge in [0, 0.05) is 65.5 Å². The minimum atomic E-state index is -2.47. The predicted molar refractivity (Wildman–Crippen MR) is 232 cm³/mol. The zero-order chi connectivity index (χ0) is 44.7. The molecule has 0 radical (unpaired) electrons. The molecule has 0 amide bonds. The molecule has 1 aliphatic heterocycles. The molecular formula is C51H45N4OPt-3. The van der Waals surface area contributed by atoms with Crippen molar-refractivity contribution in [1.29, 1.82) is 0 Å². The average Bonchev–Trinajstić information content (AvgIpc) is 3.81. The Balaban J connectivity index is 0.00000560. The summed E-state index contributed by atoms with van der Waals surface area (Å²) in [6.07, 6.45) is 1.31. The number of aromatic nitrogens is 2. The molecule has 288 valence electrons. The SMILES string of the molecule is [2H]c1c([2H])c([2H])c2c(c1[2H])c1ccc(Oc3[c-]c(N4[CH-]N(c5cc(C(C)(C)C)cc(C(C)(C)C)c5)c5ccccc54)ccc3)[c-]c1n2-c1cc(-c2ccccc2)c(C([2H])([2H])[2H])cn1.[Pt]. The molecule has 0 fully saturated rings. The fraction of sp³-hybridized carbons (Fsp3) is 0.176. The Kier molecular flexibility index (Phi) is 7.86. The van der Waals surface area contributed by atoms with Crippen LogP contribution in [0.2, 0.25) is 0 Å². The second-order valence-corrected chi connectivity index (χ2v) is 16.2. The number of anilines is 4. The number of para-hydroxylation sites is 3. The van der Waals surface area contributed by atoms with Crippen LogP contribution in [0.4, 0.5) is 22.7 Å². The van der Waals surface area contributed by atoms with Crippen LogP contribution in [0.5, 0.6) is 11.5 Å². The molecule has 0 saturated heterocycles. The van der Waals surface area contributed by atoms with Gasteiger partial charge in [0.25, 0.3) is 0 Å². The minimum absolute atomic E-state index is 0. The number of pyridine rings is 1. The van der Waals surface area contributed by atoms with E-state index in [4.69, 9.17) is 14.3 Å². The van der Waals surface area contributed by atoms with E-state index >= 15 is 0 Å². The molecule has 57 heavy (non-hydrogen) atoms. The minimum Gasteiger partial charge on any atom is -0.509 e. The summed E-state index contributed by atoms with van der Waals surface area (Å²) in [4.78, 5) is 8.93. The summed E-state index contributed by atoms with van der Waals surface area (Å²) in [7, 11) is 0. The van der Waals surface area contributed by atoms with E-state index < -0.39 is 12.9 Å². The van der Waals surface area contributed by atoms with Gasteiger partial charge < -0.3 is 19.1 Å². The first kappa shape index (κ1) is 30.5. The topological polar surface area (TPSA) is 33.5 Å². The summed E-state index contributed by atoms with van der Waals surface area (Å²) in [5.41, 5.74) is 7.90. The van der Waals surface area contributed by atoms with Crippen molar-refractivity contribution in [3.63, 3.8) is 0 Å². The maximum absolute atomic E-state index is 9.05. The zero-order valence-corrected chi connectivity index (χ0v) is 34.8. The molecule has 8 aromatic rings. The number of hydrogen-bond acceptors (Lipinski definition) is 4. The van der Waals surface area contributed by atoms with E-state index in [1.165, 1.54) is 17.3 Å². The zero-order valence-electron chi connectivity index (χ0n) is 39.6. The molecule has 2 aromatic heterocycles. The van der Waals surface area contributed by atoms with Crippen molar-refractivity contribution in [3.8, 4) is 28.4 Å². The second kappa shape index (κ2) is 14.7. The molecule has 0 atom stereocenters. The first-order valence-electron chi connectivity index (χ1n) is 22.2. The largest absolute Gasteiger partial charge is 0.509 e. The van der Waals surface area contributed by atoms with Gasteiger partial charge in [-0.25, -0.2) is 4.98 Å². The number of aryl methyl sites for hydroxylation is 1. The summed E-state index contributed by atoms with van der Waals surface area (Å²) < 4.78 is 68.1. The number of nitrogens with zero attached hydrogens (tertiary/aromatic N) is 4. The van der Waals surface area contributed by atoms with Crippen LogP contribution in [0.3, 0.4) is 0 Å². The van der Waals surface area contributed by atoms with Gasteiger partial charge in [-0.05, 0) is 87.3 Å². The summed E-state index contributed by atoms with van der Waals surface area (Å²) in [6, 6.07) is 40.6. The van der Waals surface area contributed by atoms with Gasteiger partial charge in [0.05, 0.1) is 5.48 Å². The molecule has 6 heteroatoms. The van der Waals surface area contributed by atoms with Crippen molar-refractivity contribution in [2.75, 3.05) is 9.80 Å². The van der Waals surface area contributed by atoms with Crippen LogP contribution in [-0.4, -0.2) is 9.55 Å². The molecule has 0 spiro atoms. The van der Waals surface area contributed by atoms with Gasteiger partial charge in [0.1, 0.15) is 5.82 Å². The van der Waals surface area contributed by atoms with E-state index in [1.54, 1.807) is 22.8 Å². The van der Waals surface area contributed by atoms with Crippen molar-refractivity contribution < 1.29 is 35.4 Å². The molecule has 6 aromatic carbocycles. The van der Waals surface area contributed by atoms with E-state index in [0.29, 0.717) is 33.5 Å². The van der Waals surface area contributed by atoms with Crippen molar-refractivity contribution in [2.45, 2.75) is 59.2 Å². The van der Waals surface area contributed by atoms with E-state index in [2.05, 4.69) is 105 Å². The summed E-state index contributed by atoms with van der Waals surface area (Å²) >= 11 is 0. The molecule has 0 N–H and O–H groups in total. The molecule has 0 bridgehead atoms. The smallest absolute Gasteiger partial charge is 0.136 e. The Morgan fingerprint density at radius 1 is 0.702 bits per heavy atom. The Bertz CT molecular complexity index is 3070. The van der Waals surface area contributed by atoms with Crippen molar-refractivity contribution in [2.24, 2.45) is 0 Å². The van der Waals surface area contributed by atoms with Gasteiger partial charge in [0.2, 0.25) is 0 Å². The first-order valence-corrected chi connectivity index (χ1v) is 18.7. The molecule has 9 rings (SSSR count). The fourth-order valence-electron chi connectivity index (χ4n) is 7.21. The van der Waals surface area contributed by atoms with Crippen molar-refractivity contribution >= 4 is 44.6 Å². The first-order chi connectivity index (χ1) is 29.8. The van der Waals surface area contributed by atoms with Crippen LogP contribution in [-0.2, 0) is 31.9 Å². The average molecular weight is 932 g/mol. The third kappa shape index (κ3) is 7.15. The number of hydrogen-bond donors (Lipinski definition) is 0. The molecule has 0 unspecified atom stereocenters. The maximum Gasteiger partial charge on any atom is 0.136 e. The number of ether oxygens (including phenoxy) is 1. The van der Waals surface area contributed by atoms with Gasteiger partial charge in [-0.3, -0.25) is 0 Å².